The molecule has 19 heavy (non-hydrogen) atoms. The van der Waals surface area contributed by atoms with Crippen molar-refractivity contribution in [3.8, 4) is 0 Å². The number of hydrogen-bond donors (Lipinski definition) is 1. The van der Waals surface area contributed by atoms with E-state index in [0.29, 0.717) is 0 Å². The van der Waals surface area contributed by atoms with E-state index >= 15 is 0 Å². The van der Waals surface area contributed by atoms with Gasteiger partial charge in [0, 0.05) is 24.7 Å². The van der Waals surface area contributed by atoms with Crippen molar-refractivity contribution in [2.75, 3.05) is 0 Å². The van der Waals surface area contributed by atoms with E-state index in [0.717, 1.165) is 18.8 Å². The van der Waals surface area contributed by atoms with Crippen LogP contribution >= 0.6 is 0 Å². The highest BCUT2D eigenvalue weighted by Crippen LogP contribution is 2.13. The molecule has 3 aromatic rings. The minimum Gasteiger partial charge on any atom is -0.307 e. The van der Waals surface area contributed by atoms with Gasteiger partial charge in [0.05, 0.1) is 5.69 Å². The number of hydrogen-bond acceptors (Lipinski definition) is 2. The van der Waals surface area contributed by atoms with E-state index in [9.17, 15) is 0 Å². The Labute approximate surface area is 113 Å². The summed E-state index contributed by atoms with van der Waals surface area (Å²) in [5, 5.41) is 5.85. The first-order valence-electron chi connectivity index (χ1n) is 6.50. The highest BCUT2D eigenvalue weighted by molar-refractivity contribution is 5.81. The van der Waals surface area contributed by atoms with Gasteiger partial charge >= 0.3 is 0 Å². The summed E-state index contributed by atoms with van der Waals surface area (Å²) in [4.78, 5) is 4.48. The summed E-state index contributed by atoms with van der Waals surface area (Å²) >= 11 is 0. The predicted molar refractivity (Wildman–Crippen MR) is 78.7 cm³/mol. The largest absolute Gasteiger partial charge is 0.307 e. The molecule has 0 amide bonds. The molecule has 2 heteroatoms. The molecule has 0 radical (unpaired) electrons. The summed E-state index contributed by atoms with van der Waals surface area (Å²) in [6.45, 7) is 1.66. The van der Waals surface area contributed by atoms with Gasteiger partial charge in [-0.15, -0.1) is 0 Å². The smallest absolute Gasteiger partial charge is 0.0548 e. The van der Waals surface area contributed by atoms with Crippen molar-refractivity contribution in [2.45, 2.75) is 13.1 Å². The van der Waals surface area contributed by atoms with Crippen molar-refractivity contribution < 1.29 is 0 Å². The van der Waals surface area contributed by atoms with Gasteiger partial charge in [-0.25, -0.2) is 0 Å². The third-order valence-electron chi connectivity index (χ3n) is 3.17. The zero-order chi connectivity index (χ0) is 12.9. The Morgan fingerprint density at radius 1 is 0.789 bits per heavy atom. The fourth-order valence-electron chi connectivity index (χ4n) is 2.16. The maximum atomic E-state index is 4.48. The summed E-state index contributed by atoms with van der Waals surface area (Å²) in [6, 6.07) is 20.9. The molecular formula is C17H16N2. The molecule has 0 atom stereocenters. The number of nitrogens with zero attached hydrogens (tertiary/aromatic N) is 1. The van der Waals surface area contributed by atoms with Crippen LogP contribution in [0.15, 0.2) is 66.9 Å². The molecule has 0 spiro atoms. The first-order valence-corrected chi connectivity index (χ1v) is 6.50. The highest BCUT2D eigenvalue weighted by atomic mass is 14.9. The van der Waals surface area contributed by atoms with Crippen molar-refractivity contribution in [2.24, 2.45) is 0 Å². The molecule has 2 aromatic carbocycles. The topological polar surface area (TPSA) is 24.9 Å². The molecule has 2 nitrogen and oxygen atoms in total. The maximum absolute atomic E-state index is 4.48. The summed E-state index contributed by atoms with van der Waals surface area (Å²) < 4.78 is 0. The Bertz CT molecular complexity index is 662. The SMILES string of the molecule is c1ccc(CNCc2cc3ccccc3cn2)cc1. The second-order valence-electron chi connectivity index (χ2n) is 4.61. The molecule has 1 aromatic heterocycles. The fourth-order valence-corrected chi connectivity index (χ4v) is 2.16. The molecule has 0 aliphatic heterocycles. The van der Waals surface area contributed by atoms with E-state index in [-0.39, 0.29) is 0 Å². The Balaban J connectivity index is 1.65. The third-order valence-corrected chi connectivity index (χ3v) is 3.17. The van der Waals surface area contributed by atoms with Gasteiger partial charge in [0.2, 0.25) is 0 Å². The molecule has 3 rings (SSSR count). The number of pyridine rings is 1. The molecular weight excluding hydrogens is 232 g/mol. The number of benzene rings is 2. The van der Waals surface area contributed by atoms with Crippen molar-refractivity contribution in [1.29, 1.82) is 0 Å². The van der Waals surface area contributed by atoms with Crippen LogP contribution in [0, 0.1) is 0 Å². The van der Waals surface area contributed by atoms with Gasteiger partial charge in [-0.05, 0) is 17.0 Å². The summed E-state index contributed by atoms with van der Waals surface area (Å²) in [5.41, 5.74) is 2.37. The number of nitrogens with one attached hydrogen (secondary N) is 1. The van der Waals surface area contributed by atoms with E-state index in [4.69, 9.17) is 0 Å². The molecule has 0 bridgehead atoms. The summed E-state index contributed by atoms with van der Waals surface area (Å²) in [7, 11) is 0. The van der Waals surface area contributed by atoms with Crippen molar-refractivity contribution >= 4 is 10.8 Å². The average molecular weight is 248 g/mol. The second kappa shape index (κ2) is 5.63. The van der Waals surface area contributed by atoms with Crippen molar-refractivity contribution in [3.63, 3.8) is 0 Å². The number of rotatable bonds is 4. The second-order valence-corrected chi connectivity index (χ2v) is 4.61. The maximum Gasteiger partial charge on any atom is 0.0548 e. The lowest BCUT2D eigenvalue weighted by Crippen LogP contribution is -2.13. The first kappa shape index (κ1) is 11.9. The van der Waals surface area contributed by atoms with Gasteiger partial charge < -0.3 is 5.32 Å². The summed E-state index contributed by atoms with van der Waals surface area (Å²) in [5.74, 6) is 0. The van der Waals surface area contributed by atoms with Gasteiger partial charge in [-0.3, -0.25) is 4.98 Å². The van der Waals surface area contributed by atoms with E-state index in [1.807, 2.05) is 18.3 Å². The van der Waals surface area contributed by atoms with Crippen LogP contribution in [0.4, 0.5) is 0 Å². The van der Waals surface area contributed by atoms with Crippen LogP contribution < -0.4 is 5.32 Å². The van der Waals surface area contributed by atoms with Gasteiger partial charge in [0.15, 0.2) is 0 Å². The quantitative estimate of drug-likeness (QED) is 0.764. The van der Waals surface area contributed by atoms with Crippen LogP contribution in [-0.2, 0) is 13.1 Å². The molecule has 0 saturated heterocycles. The van der Waals surface area contributed by atoms with Gasteiger partial charge in [0.25, 0.3) is 0 Å². The van der Waals surface area contributed by atoms with Crippen LogP contribution in [0.1, 0.15) is 11.3 Å². The molecule has 0 fully saturated rings. The van der Waals surface area contributed by atoms with Crippen LogP contribution in [-0.4, -0.2) is 4.98 Å². The highest BCUT2D eigenvalue weighted by Gasteiger charge is 1.98. The number of fused-ring (bicyclic) bond motifs is 1. The molecule has 94 valence electrons. The fraction of sp³-hybridized carbons (Fsp3) is 0.118. The Morgan fingerprint density at radius 2 is 1.53 bits per heavy atom. The van der Waals surface area contributed by atoms with E-state index in [1.54, 1.807) is 0 Å². The molecule has 1 heterocycles. The normalized spacial score (nSPS) is 10.7. The Kier molecular flexibility index (Phi) is 3.52. The standard InChI is InChI=1S/C17H16N2/c1-2-6-14(7-3-1)11-18-13-17-10-15-8-4-5-9-16(15)12-19-17/h1-10,12,18H,11,13H2. The molecule has 0 unspecified atom stereocenters. The van der Waals surface area contributed by atoms with Gasteiger partial charge in [-0.1, -0.05) is 54.6 Å². The minimum absolute atomic E-state index is 0.791. The van der Waals surface area contributed by atoms with Crippen LogP contribution in [0.5, 0.6) is 0 Å². The Hall–Kier alpha value is -2.19. The zero-order valence-corrected chi connectivity index (χ0v) is 10.7. The Morgan fingerprint density at radius 3 is 2.37 bits per heavy atom. The van der Waals surface area contributed by atoms with E-state index < -0.39 is 0 Å². The van der Waals surface area contributed by atoms with Gasteiger partial charge in [-0.2, -0.15) is 0 Å². The van der Waals surface area contributed by atoms with E-state index in [2.05, 4.69) is 58.8 Å². The first-order chi connectivity index (χ1) is 9.42. The third kappa shape index (κ3) is 2.98. The minimum atomic E-state index is 0.791. The van der Waals surface area contributed by atoms with Crippen LogP contribution in [0.2, 0.25) is 0 Å². The summed E-state index contributed by atoms with van der Waals surface area (Å²) in [6.07, 6.45) is 1.94. The molecule has 1 N–H and O–H groups in total. The van der Waals surface area contributed by atoms with Crippen molar-refractivity contribution in [3.05, 3.63) is 78.1 Å². The lowest BCUT2D eigenvalue weighted by atomic mass is 10.1. The average Bonchev–Trinajstić information content (AvgIpc) is 2.48. The molecule has 0 saturated carbocycles. The van der Waals surface area contributed by atoms with Crippen LogP contribution in [0.25, 0.3) is 10.8 Å². The molecule has 0 aliphatic carbocycles. The van der Waals surface area contributed by atoms with E-state index in [1.165, 1.54) is 16.3 Å². The van der Waals surface area contributed by atoms with Crippen molar-refractivity contribution in [1.82, 2.24) is 10.3 Å². The predicted octanol–water partition coefficient (Wildman–Crippen LogP) is 3.52. The number of aromatic nitrogens is 1. The lowest BCUT2D eigenvalue weighted by molar-refractivity contribution is 0.681. The lowest BCUT2D eigenvalue weighted by Gasteiger charge is -2.05. The van der Waals surface area contributed by atoms with Crippen LogP contribution in [0.3, 0.4) is 0 Å². The zero-order valence-electron chi connectivity index (χ0n) is 10.7. The molecule has 0 aliphatic rings. The monoisotopic (exact) mass is 248 g/mol. The van der Waals surface area contributed by atoms with Gasteiger partial charge in [0.1, 0.15) is 0 Å².